The Labute approximate surface area is 185 Å². The van der Waals surface area contributed by atoms with Crippen molar-refractivity contribution in [2.75, 3.05) is 38.1 Å². The van der Waals surface area contributed by atoms with Crippen LogP contribution in [0, 0.1) is 22.0 Å². The minimum atomic E-state index is -4.84. The van der Waals surface area contributed by atoms with Crippen molar-refractivity contribution in [3.05, 3.63) is 38.2 Å². The first-order valence-corrected chi connectivity index (χ1v) is 10.7. The maximum atomic E-state index is 13.1. The summed E-state index contributed by atoms with van der Waals surface area (Å²) in [5.74, 6) is 5.51. The van der Waals surface area contributed by atoms with Crippen molar-refractivity contribution >= 4 is 32.2 Å². The van der Waals surface area contributed by atoms with Crippen LogP contribution in [0.4, 0.5) is 24.0 Å². The van der Waals surface area contributed by atoms with E-state index in [-0.39, 0.29) is 16.4 Å². The summed E-state index contributed by atoms with van der Waals surface area (Å²) in [6.07, 6.45) is -2.32. The van der Waals surface area contributed by atoms with Crippen molar-refractivity contribution in [2.45, 2.75) is 31.5 Å². The number of alkyl halides is 3. The summed E-state index contributed by atoms with van der Waals surface area (Å²) in [5, 5.41) is 21.1. The molecule has 0 amide bonds. The second kappa shape index (κ2) is 9.81. The summed E-state index contributed by atoms with van der Waals surface area (Å²) in [6, 6.07) is 0.994. The molecule has 1 unspecified atom stereocenters. The maximum absolute atomic E-state index is 13.1. The molecule has 1 aliphatic rings. The third kappa shape index (κ3) is 5.73. The Morgan fingerprint density at radius 1 is 1.34 bits per heavy atom. The number of piperidine rings is 1. The summed E-state index contributed by atoms with van der Waals surface area (Å²) >= 11 is 0.738. The molecule has 0 aliphatic carbocycles. The van der Waals surface area contributed by atoms with Crippen LogP contribution in [0.5, 0.6) is 0 Å². The van der Waals surface area contributed by atoms with Crippen molar-refractivity contribution in [3.63, 3.8) is 0 Å². The van der Waals surface area contributed by atoms with Gasteiger partial charge in [-0.05, 0) is 32.0 Å². The lowest BCUT2D eigenvalue weighted by atomic mass is 10.1. The summed E-state index contributed by atoms with van der Waals surface area (Å²) in [4.78, 5) is 30.1. The zero-order chi connectivity index (χ0) is 23.5. The summed E-state index contributed by atoms with van der Waals surface area (Å²) in [6.45, 7) is 2.34. The fourth-order valence-electron chi connectivity index (χ4n) is 3.39. The number of fused-ring (bicyclic) bond motifs is 1. The molecule has 32 heavy (non-hydrogen) atoms. The molecule has 2 aromatic rings. The molecule has 1 atom stereocenters. The predicted octanol–water partition coefficient (Wildman–Crippen LogP) is 2.87. The molecular formula is C20H21F3N4O4S. The van der Waals surface area contributed by atoms with E-state index >= 15 is 0 Å². The van der Waals surface area contributed by atoms with E-state index in [1.54, 1.807) is 7.05 Å². The fraction of sp³-hybridized carbons (Fsp3) is 0.500. The van der Waals surface area contributed by atoms with E-state index in [0.717, 1.165) is 37.3 Å². The highest BCUT2D eigenvalue weighted by Crippen LogP contribution is 2.38. The standard InChI is InChI=1S/C20H21F3N4O4S/c1-25(7-5-6-14(28)12-26-8-3-2-4-9-26)19-24-18(29)15-10-13(20(21,22)23)11-16(27(30)31)17(15)32-19/h10-11,14,28H,2-4,7-9,12H2,1H3. The Kier molecular flexibility index (Phi) is 7.33. The molecule has 0 saturated carbocycles. The number of anilines is 1. The molecule has 1 saturated heterocycles. The average molecular weight is 470 g/mol. The van der Waals surface area contributed by atoms with Gasteiger partial charge in [0.2, 0.25) is 0 Å². The minimum Gasteiger partial charge on any atom is -0.379 e. The van der Waals surface area contributed by atoms with Gasteiger partial charge in [-0.3, -0.25) is 19.8 Å². The van der Waals surface area contributed by atoms with Crippen LogP contribution in [0.25, 0.3) is 10.1 Å². The van der Waals surface area contributed by atoms with Gasteiger partial charge in [-0.2, -0.15) is 18.2 Å². The third-order valence-corrected chi connectivity index (χ3v) is 6.22. The number of hydrogen-bond donors (Lipinski definition) is 1. The van der Waals surface area contributed by atoms with Gasteiger partial charge in [-0.1, -0.05) is 29.6 Å². The number of likely N-dealkylation sites (tertiary alicyclic amines) is 1. The van der Waals surface area contributed by atoms with Gasteiger partial charge >= 0.3 is 6.18 Å². The zero-order valence-corrected chi connectivity index (χ0v) is 18.0. The number of aliphatic hydroxyl groups excluding tert-OH is 1. The van der Waals surface area contributed by atoms with E-state index in [0.29, 0.717) is 18.7 Å². The zero-order valence-electron chi connectivity index (χ0n) is 17.2. The van der Waals surface area contributed by atoms with Gasteiger partial charge in [0, 0.05) is 19.7 Å². The Morgan fingerprint density at radius 2 is 2.03 bits per heavy atom. The van der Waals surface area contributed by atoms with Gasteiger partial charge in [0.15, 0.2) is 5.13 Å². The molecule has 0 bridgehead atoms. The second-order valence-corrected chi connectivity index (χ2v) is 8.46. The second-order valence-electron chi connectivity index (χ2n) is 7.48. The maximum Gasteiger partial charge on any atom is 0.416 e. The first-order chi connectivity index (χ1) is 15.1. The highest BCUT2D eigenvalue weighted by atomic mass is 32.1. The minimum absolute atomic E-state index is 0.0694. The number of β-amino-alcohol motifs (C(OH)–C–C–N with tert-alkyl or cyclic N) is 1. The van der Waals surface area contributed by atoms with E-state index in [4.69, 9.17) is 0 Å². The van der Waals surface area contributed by atoms with Gasteiger partial charge in [0.25, 0.3) is 11.2 Å². The lowest BCUT2D eigenvalue weighted by Crippen LogP contribution is -2.35. The number of nitrogens with zero attached hydrogens (tertiary/aromatic N) is 4. The SMILES string of the molecule is CN(CC#CC(O)CN1CCCCC1)c1nc(=O)c2cc(C(F)(F)F)cc([N+](=O)[O-])c2s1. The van der Waals surface area contributed by atoms with Crippen LogP contribution in [0.2, 0.25) is 0 Å². The van der Waals surface area contributed by atoms with Crippen LogP contribution in [0.1, 0.15) is 24.8 Å². The largest absolute Gasteiger partial charge is 0.416 e. The lowest BCUT2D eigenvalue weighted by molar-refractivity contribution is -0.383. The third-order valence-electron chi connectivity index (χ3n) is 5.01. The van der Waals surface area contributed by atoms with E-state index in [9.17, 15) is 33.2 Å². The van der Waals surface area contributed by atoms with Crippen LogP contribution in [0.15, 0.2) is 16.9 Å². The molecule has 1 N–H and O–H groups in total. The van der Waals surface area contributed by atoms with Crippen LogP contribution < -0.4 is 10.5 Å². The smallest absolute Gasteiger partial charge is 0.379 e. The Hall–Kier alpha value is -2.75. The first-order valence-electron chi connectivity index (χ1n) is 9.86. The Balaban J connectivity index is 1.82. The highest BCUT2D eigenvalue weighted by Gasteiger charge is 2.34. The number of nitro benzene ring substituents is 1. The number of halogens is 3. The lowest BCUT2D eigenvalue weighted by Gasteiger charge is -2.26. The van der Waals surface area contributed by atoms with Crippen LogP contribution in [-0.2, 0) is 6.18 Å². The van der Waals surface area contributed by atoms with Gasteiger partial charge in [-0.25, -0.2) is 0 Å². The Morgan fingerprint density at radius 3 is 2.66 bits per heavy atom. The molecule has 1 aromatic carbocycles. The number of benzene rings is 1. The molecule has 1 fully saturated rings. The van der Waals surface area contributed by atoms with Crippen molar-refractivity contribution in [2.24, 2.45) is 0 Å². The van der Waals surface area contributed by atoms with Crippen molar-refractivity contribution in [1.82, 2.24) is 9.88 Å². The molecule has 0 radical (unpaired) electrons. The topological polar surface area (TPSA) is 99.8 Å². The quantitative estimate of drug-likeness (QED) is 0.408. The van der Waals surface area contributed by atoms with Gasteiger partial charge in [0.05, 0.1) is 22.4 Å². The normalized spacial score (nSPS) is 15.8. The highest BCUT2D eigenvalue weighted by molar-refractivity contribution is 7.22. The molecule has 2 heterocycles. The average Bonchev–Trinajstić information content (AvgIpc) is 2.72. The number of aliphatic hydroxyl groups is 1. The van der Waals surface area contributed by atoms with Gasteiger partial charge in [0.1, 0.15) is 10.8 Å². The van der Waals surface area contributed by atoms with Crippen molar-refractivity contribution in [1.29, 1.82) is 0 Å². The van der Waals surface area contributed by atoms with E-state index in [2.05, 4.69) is 21.7 Å². The number of aromatic nitrogens is 1. The monoisotopic (exact) mass is 470 g/mol. The fourth-order valence-corrected chi connectivity index (χ4v) is 4.41. The molecule has 172 valence electrons. The summed E-state index contributed by atoms with van der Waals surface area (Å²) in [5.41, 5.74) is -3.08. The Bertz CT molecular complexity index is 1120. The van der Waals surface area contributed by atoms with Crippen LogP contribution >= 0.6 is 11.3 Å². The van der Waals surface area contributed by atoms with Crippen LogP contribution in [-0.4, -0.2) is 59.2 Å². The molecule has 1 aliphatic heterocycles. The number of non-ortho nitro benzene ring substituents is 1. The summed E-state index contributed by atoms with van der Waals surface area (Å²) in [7, 11) is 1.55. The number of rotatable bonds is 5. The summed E-state index contributed by atoms with van der Waals surface area (Å²) < 4.78 is 39.0. The van der Waals surface area contributed by atoms with Crippen molar-refractivity contribution in [3.8, 4) is 11.8 Å². The van der Waals surface area contributed by atoms with Crippen molar-refractivity contribution < 1.29 is 23.2 Å². The molecular weight excluding hydrogens is 449 g/mol. The molecule has 12 heteroatoms. The predicted molar refractivity (Wildman–Crippen MR) is 115 cm³/mol. The van der Waals surface area contributed by atoms with Gasteiger partial charge < -0.3 is 10.0 Å². The van der Waals surface area contributed by atoms with E-state index in [1.165, 1.54) is 11.3 Å². The first kappa shape index (κ1) is 23.9. The molecule has 1 aromatic heterocycles. The van der Waals surface area contributed by atoms with E-state index in [1.807, 2.05) is 0 Å². The number of nitro groups is 1. The van der Waals surface area contributed by atoms with Gasteiger partial charge in [-0.15, -0.1) is 0 Å². The van der Waals surface area contributed by atoms with Crippen LogP contribution in [0.3, 0.4) is 0 Å². The number of hydrogen-bond acceptors (Lipinski definition) is 8. The molecule has 3 rings (SSSR count). The van der Waals surface area contributed by atoms with E-state index < -0.39 is 39.4 Å². The molecule has 8 nitrogen and oxygen atoms in total. The molecule has 0 spiro atoms.